The minimum Gasteiger partial charge on any atom is -0.463 e. The third-order valence-corrected chi connectivity index (χ3v) is 3.98. The summed E-state index contributed by atoms with van der Waals surface area (Å²) in [6.45, 7) is 0.694. The van der Waals surface area contributed by atoms with Crippen LogP contribution >= 0.6 is 11.8 Å². The first-order chi connectivity index (χ1) is 9.70. The van der Waals surface area contributed by atoms with E-state index in [9.17, 15) is 9.59 Å². The number of thioether (sulfide) groups is 1. The Hall–Kier alpha value is -1.33. The molecule has 0 radical (unpaired) electrons. The van der Waals surface area contributed by atoms with Crippen LogP contribution in [0.2, 0.25) is 0 Å². The van der Waals surface area contributed by atoms with E-state index in [1.807, 2.05) is 24.3 Å². The molecule has 0 spiro atoms. The van der Waals surface area contributed by atoms with Gasteiger partial charge < -0.3 is 9.47 Å². The van der Waals surface area contributed by atoms with Crippen molar-refractivity contribution in [2.24, 2.45) is 5.92 Å². The first-order valence-electron chi connectivity index (χ1n) is 6.62. The van der Waals surface area contributed by atoms with Crippen molar-refractivity contribution in [2.45, 2.75) is 17.7 Å². The van der Waals surface area contributed by atoms with Gasteiger partial charge in [-0.1, -0.05) is 12.1 Å². The van der Waals surface area contributed by atoms with Gasteiger partial charge in [-0.25, -0.2) is 0 Å². The predicted octanol–water partition coefficient (Wildman–Crippen LogP) is 2.56. The molecule has 4 nitrogen and oxygen atoms in total. The van der Waals surface area contributed by atoms with E-state index < -0.39 is 0 Å². The molecule has 0 bridgehead atoms. The maximum absolute atomic E-state index is 11.8. The largest absolute Gasteiger partial charge is 0.463 e. The van der Waals surface area contributed by atoms with Gasteiger partial charge in [-0.3, -0.25) is 9.59 Å². The summed E-state index contributed by atoms with van der Waals surface area (Å²) in [6.07, 6.45) is 2.03. The van der Waals surface area contributed by atoms with Crippen molar-refractivity contribution in [1.29, 1.82) is 0 Å². The molecular weight excluding hydrogens is 276 g/mol. The second-order valence-electron chi connectivity index (χ2n) is 4.66. The predicted molar refractivity (Wildman–Crippen MR) is 77.1 cm³/mol. The Kier molecular flexibility index (Phi) is 5.61. The maximum Gasteiger partial charge on any atom is 0.316 e. The van der Waals surface area contributed by atoms with Crippen LogP contribution in [0.1, 0.15) is 23.2 Å². The first kappa shape index (κ1) is 15.1. The molecule has 5 heteroatoms. The topological polar surface area (TPSA) is 52.6 Å². The van der Waals surface area contributed by atoms with E-state index in [4.69, 9.17) is 9.47 Å². The highest BCUT2D eigenvalue weighted by Crippen LogP contribution is 2.33. The number of ketones is 1. The normalized spacial score (nSPS) is 14.1. The van der Waals surface area contributed by atoms with Gasteiger partial charge in [-0.2, -0.15) is 0 Å². The number of Topliss-reactive ketones (excluding diaryl/α,β-unsaturated/α-hetero) is 1. The van der Waals surface area contributed by atoms with Gasteiger partial charge in [-0.05, 0) is 25.0 Å². The van der Waals surface area contributed by atoms with E-state index in [-0.39, 0.29) is 30.0 Å². The number of hydrogen-bond donors (Lipinski definition) is 0. The average Bonchev–Trinajstić information content (AvgIpc) is 3.30. The van der Waals surface area contributed by atoms with Crippen LogP contribution in [0.15, 0.2) is 29.2 Å². The molecule has 1 fully saturated rings. The fourth-order valence-electron chi connectivity index (χ4n) is 1.72. The van der Waals surface area contributed by atoms with Crippen LogP contribution in [-0.4, -0.2) is 37.8 Å². The molecule has 0 amide bonds. The molecule has 0 saturated heterocycles. The van der Waals surface area contributed by atoms with E-state index in [0.717, 1.165) is 23.3 Å². The van der Waals surface area contributed by atoms with Crippen molar-refractivity contribution in [1.82, 2.24) is 0 Å². The van der Waals surface area contributed by atoms with E-state index in [2.05, 4.69) is 0 Å². The molecule has 1 aromatic carbocycles. The lowest BCUT2D eigenvalue weighted by atomic mass is 10.1. The van der Waals surface area contributed by atoms with Crippen LogP contribution in [0, 0.1) is 5.92 Å². The fourth-order valence-corrected chi connectivity index (χ4v) is 2.42. The van der Waals surface area contributed by atoms with Crippen LogP contribution in [0.25, 0.3) is 0 Å². The SMILES string of the molecule is COCCOC(=O)CSc1ccc(C(=O)C2CC2)cc1. The van der Waals surface area contributed by atoms with Crippen molar-refractivity contribution in [3.05, 3.63) is 29.8 Å². The molecule has 2 rings (SSSR count). The molecule has 1 saturated carbocycles. The first-order valence-corrected chi connectivity index (χ1v) is 7.61. The highest BCUT2D eigenvalue weighted by atomic mass is 32.2. The van der Waals surface area contributed by atoms with Crippen LogP contribution in [-0.2, 0) is 14.3 Å². The van der Waals surface area contributed by atoms with Crippen LogP contribution in [0.5, 0.6) is 0 Å². The van der Waals surface area contributed by atoms with Gasteiger partial charge in [0.2, 0.25) is 0 Å². The number of carbonyl (C=O) groups excluding carboxylic acids is 2. The Bertz CT molecular complexity index is 465. The molecule has 0 aromatic heterocycles. The lowest BCUT2D eigenvalue weighted by molar-refractivity contribution is -0.141. The van der Waals surface area contributed by atoms with Crippen molar-refractivity contribution in [2.75, 3.05) is 26.1 Å². The van der Waals surface area contributed by atoms with Gasteiger partial charge in [-0.15, -0.1) is 11.8 Å². The quantitative estimate of drug-likeness (QED) is 0.319. The summed E-state index contributed by atoms with van der Waals surface area (Å²) in [5.74, 6) is 0.481. The average molecular weight is 294 g/mol. The van der Waals surface area contributed by atoms with Crippen LogP contribution in [0.4, 0.5) is 0 Å². The van der Waals surface area contributed by atoms with Gasteiger partial charge in [0.1, 0.15) is 6.61 Å². The van der Waals surface area contributed by atoms with E-state index >= 15 is 0 Å². The molecule has 0 atom stereocenters. The summed E-state index contributed by atoms with van der Waals surface area (Å²) in [6, 6.07) is 7.42. The Morgan fingerprint density at radius 2 is 1.90 bits per heavy atom. The lowest BCUT2D eigenvalue weighted by Gasteiger charge is -2.05. The summed E-state index contributed by atoms with van der Waals surface area (Å²) in [5.41, 5.74) is 0.763. The second kappa shape index (κ2) is 7.45. The Morgan fingerprint density at radius 1 is 1.20 bits per heavy atom. The van der Waals surface area contributed by atoms with E-state index in [1.165, 1.54) is 11.8 Å². The summed E-state index contributed by atoms with van der Waals surface area (Å²) in [7, 11) is 1.56. The number of benzene rings is 1. The molecule has 0 heterocycles. The Balaban J connectivity index is 1.75. The highest BCUT2D eigenvalue weighted by molar-refractivity contribution is 8.00. The number of hydrogen-bond acceptors (Lipinski definition) is 5. The summed E-state index contributed by atoms with van der Waals surface area (Å²) < 4.78 is 9.77. The van der Waals surface area contributed by atoms with Gasteiger partial charge >= 0.3 is 5.97 Å². The molecule has 1 aliphatic rings. The lowest BCUT2D eigenvalue weighted by Crippen LogP contribution is -2.11. The zero-order valence-electron chi connectivity index (χ0n) is 11.5. The summed E-state index contributed by atoms with van der Waals surface area (Å²) in [4.78, 5) is 24.2. The van der Waals surface area contributed by atoms with Gasteiger partial charge in [0.25, 0.3) is 0 Å². The monoisotopic (exact) mass is 294 g/mol. The fraction of sp³-hybridized carbons (Fsp3) is 0.467. The van der Waals surface area contributed by atoms with Gasteiger partial charge in [0.15, 0.2) is 5.78 Å². The molecule has 1 aromatic rings. The molecule has 108 valence electrons. The number of methoxy groups -OCH3 is 1. The summed E-state index contributed by atoms with van der Waals surface area (Å²) >= 11 is 1.40. The molecule has 1 aliphatic carbocycles. The Labute approximate surface area is 122 Å². The van der Waals surface area contributed by atoms with E-state index in [1.54, 1.807) is 7.11 Å². The number of esters is 1. The van der Waals surface area contributed by atoms with Crippen molar-refractivity contribution in [3.63, 3.8) is 0 Å². The van der Waals surface area contributed by atoms with Crippen molar-refractivity contribution >= 4 is 23.5 Å². The number of carbonyl (C=O) groups is 2. The minimum atomic E-state index is -0.259. The number of ether oxygens (including phenoxy) is 2. The number of rotatable bonds is 8. The van der Waals surface area contributed by atoms with Gasteiger partial charge in [0, 0.05) is 23.5 Å². The highest BCUT2D eigenvalue weighted by Gasteiger charge is 2.30. The molecule has 0 N–H and O–H groups in total. The molecule has 0 unspecified atom stereocenters. The van der Waals surface area contributed by atoms with Crippen LogP contribution < -0.4 is 0 Å². The Morgan fingerprint density at radius 3 is 2.50 bits per heavy atom. The van der Waals surface area contributed by atoms with E-state index in [0.29, 0.717) is 6.61 Å². The van der Waals surface area contributed by atoms with Crippen LogP contribution in [0.3, 0.4) is 0 Å². The van der Waals surface area contributed by atoms with Crippen molar-refractivity contribution in [3.8, 4) is 0 Å². The summed E-state index contributed by atoms with van der Waals surface area (Å²) in [5, 5.41) is 0. The zero-order chi connectivity index (χ0) is 14.4. The second-order valence-corrected chi connectivity index (χ2v) is 5.71. The van der Waals surface area contributed by atoms with Gasteiger partial charge in [0.05, 0.1) is 12.4 Å². The van der Waals surface area contributed by atoms with Crippen molar-refractivity contribution < 1.29 is 19.1 Å². The smallest absolute Gasteiger partial charge is 0.316 e. The molecular formula is C15H18O4S. The maximum atomic E-state index is 11.8. The third kappa shape index (κ3) is 4.65. The minimum absolute atomic E-state index is 0.237. The standard InChI is InChI=1S/C15H18O4S/c1-18-8-9-19-14(16)10-20-13-6-4-12(5-7-13)15(17)11-2-3-11/h4-7,11H,2-3,8-10H2,1H3. The molecule has 20 heavy (non-hydrogen) atoms. The zero-order valence-corrected chi connectivity index (χ0v) is 12.3. The third-order valence-electron chi connectivity index (χ3n) is 2.99. The molecule has 0 aliphatic heterocycles.